The topological polar surface area (TPSA) is 26.5 Å². The molecule has 0 bridgehead atoms. The van der Waals surface area contributed by atoms with E-state index in [0.29, 0.717) is 6.61 Å². The summed E-state index contributed by atoms with van der Waals surface area (Å²) < 4.78 is 9.07. The number of quaternary nitrogens is 1. The van der Waals surface area contributed by atoms with Crippen LogP contribution in [0.1, 0.15) is 17.0 Å². The molecule has 2 aromatic heterocycles. The third kappa shape index (κ3) is 4.95. The van der Waals surface area contributed by atoms with Crippen LogP contribution in [0, 0.1) is 6.92 Å². The van der Waals surface area contributed by atoms with Crippen molar-refractivity contribution in [2.24, 2.45) is 0 Å². The van der Waals surface area contributed by atoms with Gasteiger partial charge in [0.2, 0.25) is 0 Å². The van der Waals surface area contributed by atoms with Gasteiger partial charge in [0.05, 0.1) is 33.4 Å². The first kappa shape index (κ1) is 19.7. The van der Waals surface area contributed by atoms with Gasteiger partial charge < -0.3 is 33.2 Å². The highest BCUT2D eigenvalue weighted by molar-refractivity contribution is 5.56. The summed E-state index contributed by atoms with van der Waals surface area (Å²) in [6.07, 6.45) is 2.97. The second-order valence-corrected chi connectivity index (χ2v) is 7.24. The molecule has 0 amide bonds. The Balaban J connectivity index is 0.00000225. The first-order valence-electron chi connectivity index (χ1n) is 8.38. The van der Waals surface area contributed by atoms with E-state index in [9.17, 15) is 0 Å². The number of fused-ring (bicyclic) bond motifs is 1. The number of aryl methyl sites for hydroxylation is 1. The molecule has 3 rings (SSSR count). The fraction of sp³-hybridized carbons (Fsp3) is 0.350. The van der Waals surface area contributed by atoms with Crippen molar-refractivity contribution in [2.45, 2.75) is 19.9 Å². The predicted molar refractivity (Wildman–Crippen MR) is 97.3 cm³/mol. The van der Waals surface area contributed by atoms with Crippen molar-refractivity contribution in [3.63, 3.8) is 0 Å². The maximum Gasteiger partial charge on any atom is 0.180 e. The molecule has 0 aliphatic carbocycles. The standard InChI is InChI=1S/C20H26N3O.HI/c1-16-18(15-23(2,3)4)22-13-8-11-19(20(22)21-16)24-14-12-17-9-6-5-7-10-17;/h5-11,13H,12,14-15H2,1-4H3;1H/q+1;/p-1. The van der Waals surface area contributed by atoms with Crippen LogP contribution in [0.4, 0.5) is 0 Å². The summed E-state index contributed by atoms with van der Waals surface area (Å²) in [5.74, 6) is 0.851. The second-order valence-electron chi connectivity index (χ2n) is 7.24. The van der Waals surface area contributed by atoms with Gasteiger partial charge in [-0.3, -0.25) is 4.40 Å². The molecule has 0 saturated carbocycles. The van der Waals surface area contributed by atoms with Gasteiger partial charge >= 0.3 is 0 Å². The van der Waals surface area contributed by atoms with E-state index in [2.05, 4.69) is 62.9 Å². The number of hydrogen-bond donors (Lipinski definition) is 0. The zero-order valence-electron chi connectivity index (χ0n) is 15.4. The summed E-state index contributed by atoms with van der Waals surface area (Å²) in [5, 5.41) is 0. The van der Waals surface area contributed by atoms with Crippen molar-refractivity contribution in [3.8, 4) is 5.75 Å². The Labute approximate surface area is 167 Å². The summed E-state index contributed by atoms with van der Waals surface area (Å²) in [7, 11) is 6.58. The van der Waals surface area contributed by atoms with E-state index in [1.807, 2.05) is 18.2 Å². The SMILES string of the molecule is Cc1nc2c(OCCc3ccccc3)cccn2c1C[N+](C)(C)C.[I-]. The highest BCUT2D eigenvalue weighted by Gasteiger charge is 2.18. The molecule has 3 aromatic rings. The van der Waals surface area contributed by atoms with Gasteiger partial charge in [0.15, 0.2) is 11.4 Å². The summed E-state index contributed by atoms with van der Waals surface area (Å²) in [6, 6.07) is 14.4. The number of imidazole rings is 1. The van der Waals surface area contributed by atoms with Gasteiger partial charge in [-0.2, -0.15) is 0 Å². The second kappa shape index (κ2) is 8.19. The van der Waals surface area contributed by atoms with Crippen LogP contribution in [-0.2, 0) is 13.0 Å². The van der Waals surface area contributed by atoms with Gasteiger partial charge in [-0.25, -0.2) is 4.98 Å². The van der Waals surface area contributed by atoms with Gasteiger partial charge in [0.25, 0.3) is 0 Å². The minimum absolute atomic E-state index is 0. The molecule has 0 N–H and O–H groups in total. The van der Waals surface area contributed by atoms with E-state index in [1.54, 1.807) is 0 Å². The number of halogens is 1. The predicted octanol–water partition coefficient (Wildman–Crippen LogP) is 0.474. The Morgan fingerprint density at radius 2 is 1.76 bits per heavy atom. The van der Waals surface area contributed by atoms with Crippen molar-refractivity contribution in [1.29, 1.82) is 0 Å². The number of pyridine rings is 1. The summed E-state index contributed by atoms with van der Waals surface area (Å²) in [6.45, 7) is 3.66. The van der Waals surface area contributed by atoms with E-state index in [0.717, 1.165) is 34.5 Å². The molecule has 0 radical (unpaired) electrons. The minimum atomic E-state index is 0. The number of hydrogen-bond acceptors (Lipinski definition) is 2. The molecule has 5 heteroatoms. The maximum absolute atomic E-state index is 6.03. The first-order valence-corrected chi connectivity index (χ1v) is 8.38. The van der Waals surface area contributed by atoms with Crippen molar-refractivity contribution in [1.82, 2.24) is 9.38 Å². The molecule has 0 fully saturated rings. The molecule has 2 heterocycles. The number of aromatic nitrogens is 2. The molecule has 0 spiro atoms. The van der Waals surface area contributed by atoms with Crippen LogP contribution in [0.5, 0.6) is 5.75 Å². The lowest BCUT2D eigenvalue weighted by Crippen LogP contribution is -3.00. The highest BCUT2D eigenvalue weighted by atomic mass is 127. The molecule has 0 saturated heterocycles. The van der Waals surface area contributed by atoms with E-state index in [1.165, 1.54) is 11.3 Å². The molecule has 4 nitrogen and oxygen atoms in total. The fourth-order valence-corrected chi connectivity index (χ4v) is 2.88. The van der Waals surface area contributed by atoms with E-state index < -0.39 is 0 Å². The average Bonchev–Trinajstić information content (AvgIpc) is 2.84. The first-order chi connectivity index (χ1) is 11.4. The summed E-state index contributed by atoms with van der Waals surface area (Å²) in [4.78, 5) is 4.75. The van der Waals surface area contributed by atoms with Gasteiger partial charge in [-0.1, -0.05) is 30.3 Å². The van der Waals surface area contributed by atoms with Crippen LogP contribution in [0.2, 0.25) is 0 Å². The molecule has 0 unspecified atom stereocenters. The van der Waals surface area contributed by atoms with E-state index in [4.69, 9.17) is 9.72 Å². The van der Waals surface area contributed by atoms with Crippen LogP contribution >= 0.6 is 0 Å². The Morgan fingerprint density at radius 1 is 1.04 bits per heavy atom. The van der Waals surface area contributed by atoms with Crippen LogP contribution in [0.3, 0.4) is 0 Å². The number of rotatable bonds is 6. The molecule has 0 atom stereocenters. The van der Waals surface area contributed by atoms with Gasteiger partial charge in [0.1, 0.15) is 12.2 Å². The Morgan fingerprint density at radius 3 is 2.44 bits per heavy atom. The van der Waals surface area contributed by atoms with Crippen LogP contribution in [-0.4, -0.2) is 41.6 Å². The normalized spacial score (nSPS) is 11.4. The Hall–Kier alpha value is -1.60. The van der Waals surface area contributed by atoms with Crippen molar-refractivity contribution in [3.05, 3.63) is 65.6 Å². The monoisotopic (exact) mass is 451 g/mol. The number of nitrogens with zero attached hydrogens (tertiary/aromatic N) is 3. The quantitative estimate of drug-likeness (QED) is 0.403. The minimum Gasteiger partial charge on any atom is -1.00 e. The Bertz CT molecular complexity index is 822. The summed E-state index contributed by atoms with van der Waals surface area (Å²) >= 11 is 0. The molecule has 134 valence electrons. The van der Waals surface area contributed by atoms with Crippen molar-refractivity contribution < 1.29 is 33.2 Å². The van der Waals surface area contributed by atoms with Crippen LogP contribution < -0.4 is 28.7 Å². The lowest BCUT2D eigenvalue weighted by molar-refractivity contribution is -0.884. The third-order valence-electron chi connectivity index (χ3n) is 4.03. The summed E-state index contributed by atoms with van der Waals surface area (Å²) in [5.41, 5.74) is 4.51. The van der Waals surface area contributed by atoms with E-state index >= 15 is 0 Å². The molecule has 0 aliphatic heterocycles. The molecule has 25 heavy (non-hydrogen) atoms. The zero-order chi connectivity index (χ0) is 17.2. The molecular weight excluding hydrogens is 425 g/mol. The molecule has 1 aromatic carbocycles. The van der Waals surface area contributed by atoms with Crippen molar-refractivity contribution in [2.75, 3.05) is 27.7 Å². The van der Waals surface area contributed by atoms with Crippen molar-refractivity contribution >= 4 is 5.65 Å². The van der Waals surface area contributed by atoms with Crippen LogP contribution in [0.15, 0.2) is 48.7 Å². The smallest absolute Gasteiger partial charge is 0.180 e. The molecule has 0 aliphatic rings. The van der Waals surface area contributed by atoms with Gasteiger partial charge in [-0.05, 0) is 24.6 Å². The number of ether oxygens (including phenoxy) is 1. The Kier molecular flexibility index (Phi) is 6.46. The number of benzene rings is 1. The highest BCUT2D eigenvalue weighted by Crippen LogP contribution is 2.23. The average molecular weight is 451 g/mol. The fourth-order valence-electron chi connectivity index (χ4n) is 2.88. The van der Waals surface area contributed by atoms with Gasteiger partial charge in [0, 0.05) is 12.6 Å². The largest absolute Gasteiger partial charge is 1.00 e. The third-order valence-corrected chi connectivity index (χ3v) is 4.03. The molecular formula is C20H26IN3O. The van der Waals surface area contributed by atoms with Crippen LogP contribution in [0.25, 0.3) is 5.65 Å². The van der Waals surface area contributed by atoms with Gasteiger partial charge in [-0.15, -0.1) is 0 Å². The maximum atomic E-state index is 6.03. The lowest BCUT2D eigenvalue weighted by Gasteiger charge is -2.23. The van der Waals surface area contributed by atoms with E-state index in [-0.39, 0.29) is 24.0 Å². The zero-order valence-corrected chi connectivity index (χ0v) is 17.5. The lowest BCUT2D eigenvalue weighted by atomic mass is 10.2.